The number of hydrazone groups is 1. The quantitative estimate of drug-likeness (QED) is 0.372. The maximum absolute atomic E-state index is 10.6. The Bertz CT molecular complexity index is 779. The highest BCUT2D eigenvalue weighted by molar-refractivity contribution is 9.13. The SMILES string of the molecule is CCOc1cc(Br)c(Br)c(C=NNc2ccc([N+](=O)[O-])cc2)c1O. The fourth-order valence-electron chi connectivity index (χ4n) is 1.82. The van der Waals surface area contributed by atoms with Crippen LogP contribution in [0.1, 0.15) is 12.5 Å². The number of phenolic OH excluding ortho intramolecular Hbond substituents is 1. The molecular weight excluding hydrogens is 446 g/mol. The number of nitrogens with zero attached hydrogens (tertiary/aromatic N) is 2. The molecule has 2 aromatic carbocycles. The fraction of sp³-hybridized carbons (Fsp3) is 0.133. The largest absolute Gasteiger partial charge is 0.504 e. The fourth-order valence-corrected chi connectivity index (χ4v) is 2.65. The molecule has 0 atom stereocenters. The van der Waals surface area contributed by atoms with E-state index in [1.54, 1.807) is 6.07 Å². The van der Waals surface area contributed by atoms with Gasteiger partial charge in [-0.15, -0.1) is 0 Å². The molecule has 0 bridgehead atoms. The Kier molecular flexibility index (Phi) is 6.16. The van der Waals surface area contributed by atoms with E-state index >= 15 is 0 Å². The van der Waals surface area contributed by atoms with Crippen molar-refractivity contribution in [3.63, 3.8) is 0 Å². The van der Waals surface area contributed by atoms with E-state index in [1.165, 1.54) is 30.5 Å². The first kappa shape index (κ1) is 18.2. The van der Waals surface area contributed by atoms with Crippen molar-refractivity contribution in [3.05, 3.63) is 55.0 Å². The number of benzene rings is 2. The van der Waals surface area contributed by atoms with E-state index in [0.717, 1.165) is 0 Å². The van der Waals surface area contributed by atoms with E-state index in [2.05, 4.69) is 42.4 Å². The van der Waals surface area contributed by atoms with Gasteiger partial charge in [-0.25, -0.2) is 0 Å². The Morgan fingerprint density at radius 1 is 1.38 bits per heavy atom. The summed E-state index contributed by atoms with van der Waals surface area (Å²) in [6.07, 6.45) is 1.42. The van der Waals surface area contributed by atoms with Gasteiger partial charge in [-0.05, 0) is 57.0 Å². The summed E-state index contributed by atoms with van der Waals surface area (Å²) in [4.78, 5) is 10.1. The first-order valence-electron chi connectivity index (χ1n) is 6.81. The summed E-state index contributed by atoms with van der Waals surface area (Å²) in [6, 6.07) is 7.48. The smallest absolute Gasteiger partial charge is 0.269 e. The molecule has 0 fully saturated rings. The maximum atomic E-state index is 10.6. The van der Waals surface area contributed by atoms with E-state index in [1.807, 2.05) is 6.92 Å². The van der Waals surface area contributed by atoms with Crippen molar-refractivity contribution < 1.29 is 14.8 Å². The Balaban J connectivity index is 2.20. The van der Waals surface area contributed by atoms with Crippen LogP contribution < -0.4 is 10.2 Å². The Morgan fingerprint density at radius 3 is 2.62 bits per heavy atom. The Hall–Kier alpha value is -2.13. The molecule has 0 aromatic heterocycles. The molecule has 2 aromatic rings. The third-order valence-corrected chi connectivity index (χ3v) is 4.97. The third kappa shape index (κ3) is 4.24. The molecule has 0 unspecified atom stereocenters. The number of non-ortho nitro benzene ring substituents is 1. The van der Waals surface area contributed by atoms with Gasteiger partial charge >= 0.3 is 0 Å². The Morgan fingerprint density at radius 2 is 2.04 bits per heavy atom. The van der Waals surface area contributed by atoms with E-state index in [9.17, 15) is 15.2 Å². The lowest BCUT2D eigenvalue weighted by Crippen LogP contribution is -1.97. The third-order valence-electron chi connectivity index (χ3n) is 2.96. The van der Waals surface area contributed by atoms with E-state index in [-0.39, 0.29) is 11.4 Å². The summed E-state index contributed by atoms with van der Waals surface area (Å²) >= 11 is 6.75. The van der Waals surface area contributed by atoms with Gasteiger partial charge in [-0.3, -0.25) is 15.5 Å². The molecule has 2 N–H and O–H groups in total. The standard InChI is InChI=1S/C15H13Br2N3O4/c1-2-24-13-7-12(16)14(17)11(15(13)21)8-18-19-9-3-5-10(6-4-9)20(22)23/h3-8,19,21H,2H2,1H3. The van der Waals surface area contributed by atoms with E-state index in [4.69, 9.17) is 4.74 Å². The van der Waals surface area contributed by atoms with Crippen LogP contribution in [0.2, 0.25) is 0 Å². The lowest BCUT2D eigenvalue weighted by Gasteiger charge is -2.11. The minimum atomic E-state index is -0.473. The second kappa shape index (κ2) is 8.11. The van der Waals surface area contributed by atoms with Crippen LogP contribution in [-0.2, 0) is 0 Å². The topological polar surface area (TPSA) is 97.0 Å². The predicted molar refractivity (Wildman–Crippen MR) is 99.0 cm³/mol. The molecule has 7 nitrogen and oxygen atoms in total. The number of nitro benzene ring substituents is 1. The van der Waals surface area contributed by atoms with Crippen LogP contribution in [0, 0.1) is 10.1 Å². The highest BCUT2D eigenvalue weighted by atomic mass is 79.9. The molecule has 0 amide bonds. The number of hydrogen-bond acceptors (Lipinski definition) is 6. The summed E-state index contributed by atoms with van der Waals surface area (Å²) in [5.41, 5.74) is 3.75. The highest BCUT2D eigenvalue weighted by Crippen LogP contribution is 2.39. The molecule has 0 spiro atoms. The van der Waals surface area contributed by atoms with Gasteiger partial charge in [0.05, 0.1) is 29.0 Å². The molecular formula is C15H13Br2N3O4. The van der Waals surface area contributed by atoms with Crippen molar-refractivity contribution in [1.29, 1.82) is 0 Å². The molecule has 24 heavy (non-hydrogen) atoms. The molecule has 0 aliphatic carbocycles. The first-order chi connectivity index (χ1) is 11.4. The van der Waals surface area contributed by atoms with Crippen molar-refractivity contribution in [2.24, 2.45) is 5.10 Å². The maximum Gasteiger partial charge on any atom is 0.269 e. The first-order valence-corrected chi connectivity index (χ1v) is 8.40. The second-order valence-electron chi connectivity index (χ2n) is 4.54. The van der Waals surface area contributed by atoms with Gasteiger partial charge in [-0.1, -0.05) is 0 Å². The van der Waals surface area contributed by atoms with E-state index < -0.39 is 4.92 Å². The minimum absolute atomic E-state index is 0.00161. The van der Waals surface area contributed by atoms with Crippen molar-refractivity contribution in [2.75, 3.05) is 12.0 Å². The summed E-state index contributed by atoms with van der Waals surface area (Å²) < 4.78 is 6.70. The summed E-state index contributed by atoms with van der Waals surface area (Å²) in [6.45, 7) is 2.23. The zero-order valence-corrected chi connectivity index (χ0v) is 15.7. The molecule has 0 saturated carbocycles. The molecule has 9 heteroatoms. The number of phenols is 1. The molecule has 0 radical (unpaired) electrons. The number of hydrogen-bond donors (Lipinski definition) is 2. The normalized spacial score (nSPS) is 10.8. The second-order valence-corrected chi connectivity index (χ2v) is 6.19. The van der Waals surface area contributed by atoms with Gasteiger partial charge in [0.1, 0.15) is 0 Å². The lowest BCUT2D eigenvalue weighted by molar-refractivity contribution is -0.384. The van der Waals surface area contributed by atoms with Gasteiger partial charge in [0.2, 0.25) is 0 Å². The number of nitro groups is 1. The van der Waals surface area contributed by atoms with Gasteiger partial charge in [0, 0.05) is 21.1 Å². The highest BCUT2D eigenvalue weighted by Gasteiger charge is 2.14. The van der Waals surface area contributed by atoms with Gasteiger partial charge in [-0.2, -0.15) is 5.10 Å². The van der Waals surface area contributed by atoms with Crippen molar-refractivity contribution in [3.8, 4) is 11.5 Å². The van der Waals surface area contributed by atoms with Crippen LogP contribution in [0.3, 0.4) is 0 Å². The molecule has 0 aliphatic heterocycles. The lowest BCUT2D eigenvalue weighted by atomic mass is 10.2. The summed E-state index contributed by atoms with van der Waals surface area (Å²) in [5.74, 6) is 0.297. The zero-order chi connectivity index (χ0) is 17.7. The number of anilines is 1. The Labute approximate surface area is 154 Å². The van der Waals surface area contributed by atoms with Crippen LogP contribution in [0.15, 0.2) is 44.4 Å². The molecule has 0 saturated heterocycles. The molecule has 0 aliphatic rings. The number of nitrogens with one attached hydrogen (secondary N) is 1. The van der Waals surface area contributed by atoms with Gasteiger partial charge in [0.25, 0.3) is 5.69 Å². The number of ether oxygens (including phenoxy) is 1. The van der Waals surface area contributed by atoms with Gasteiger partial charge < -0.3 is 9.84 Å². The zero-order valence-electron chi connectivity index (χ0n) is 12.5. The molecule has 0 heterocycles. The average molecular weight is 459 g/mol. The van der Waals surface area contributed by atoms with E-state index in [0.29, 0.717) is 32.6 Å². The van der Waals surface area contributed by atoms with Crippen molar-refractivity contribution in [2.45, 2.75) is 6.92 Å². The minimum Gasteiger partial charge on any atom is -0.504 e. The summed E-state index contributed by atoms with van der Waals surface area (Å²) in [7, 11) is 0. The summed E-state index contributed by atoms with van der Waals surface area (Å²) in [5, 5.41) is 24.9. The predicted octanol–water partition coefficient (Wildman–Crippen LogP) is 4.67. The number of rotatable bonds is 6. The average Bonchev–Trinajstić information content (AvgIpc) is 2.56. The van der Waals surface area contributed by atoms with Crippen LogP contribution in [0.25, 0.3) is 0 Å². The number of halogens is 2. The van der Waals surface area contributed by atoms with Gasteiger partial charge in [0.15, 0.2) is 11.5 Å². The van der Waals surface area contributed by atoms with Crippen molar-refractivity contribution >= 4 is 49.4 Å². The van der Waals surface area contributed by atoms with Crippen LogP contribution in [-0.4, -0.2) is 22.9 Å². The number of aromatic hydroxyl groups is 1. The van der Waals surface area contributed by atoms with Crippen LogP contribution in [0.5, 0.6) is 11.5 Å². The molecule has 2 rings (SSSR count). The van der Waals surface area contributed by atoms with Crippen LogP contribution >= 0.6 is 31.9 Å². The monoisotopic (exact) mass is 457 g/mol. The molecule has 126 valence electrons. The van der Waals surface area contributed by atoms with Crippen LogP contribution in [0.4, 0.5) is 11.4 Å². The van der Waals surface area contributed by atoms with Crippen molar-refractivity contribution in [1.82, 2.24) is 0 Å².